The van der Waals surface area contributed by atoms with Gasteiger partial charge in [-0.3, -0.25) is 20.2 Å². The van der Waals surface area contributed by atoms with E-state index in [1.165, 1.54) is 24.3 Å². The molecule has 168 valence electrons. The minimum absolute atomic E-state index is 0.0247. The van der Waals surface area contributed by atoms with E-state index in [0.717, 1.165) is 32.5 Å². The van der Waals surface area contributed by atoms with Crippen LogP contribution in [0.2, 0.25) is 0 Å². The molecule has 1 aliphatic rings. The Labute approximate surface area is 198 Å². The van der Waals surface area contributed by atoms with Crippen LogP contribution in [0.3, 0.4) is 0 Å². The van der Waals surface area contributed by atoms with Crippen molar-refractivity contribution < 1.29 is 9.85 Å². The highest BCUT2D eigenvalue weighted by Crippen LogP contribution is 2.46. The van der Waals surface area contributed by atoms with Crippen molar-refractivity contribution in [2.24, 2.45) is 0 Å². The molecule has 0 fully saturated rings. The molecule has 1 heterocycles. The molecule has 0 spiro atoms. The predicted octanol–water partition coefficient (Wildman–Crippen LogP) is 7.20. The normalized spacial score (nSPS) is 11.5. The summed E-state index contributed by atoms with van der Waals surface area (Å²) < 4.78 is 0. The summed E-state index contributed by atoms with van der Waals surface area (Å²) in [6.45, 7) is 0. The molecular weight excluding hydrogens is 454 g/mol. The van der Waals surface area contributed by atoms with Crippen molar-refractivity contribution in [1.82, 2.24) is 0 Å². The summed E-state index contributed by atoms with van der Waals surface area (Å²) in [4.78, 5) is 23.2. The lowest BCUT2D eigenvalue weighted by Gasteiger charge is -2.22. The molecule has 0 amide bonds. The Morgan fingerprint density at radius 3 is 1.50 bits per heavy atom. The lowest BCUT2D eigenvalue weighted by molar-refractivity contribution is -0.385. The largest absolute Gasteiger partial charge is 0.355 e. The van der Waals surface area contributed by atoms with E-state index < -0.39 is 9.85 Å². The van der Waals surface area contributed by atoms with E-state index in [1.807, 2.05) is 36.4 Å². The summed E-state index contributed by atoms with van der Waals surface area (Å²) in [5, 5.41) is 31.9. The molecule has 0 aliphatic carbocycles. The van der Waals surface area contributed by atoms with Gasteiger partial charge in [-0.2, -0.15) is 0 Å². The molecule has 0 unspecified atom stereocenters. The van der Waals surface area contributed by atoms with Crippen molar-refractivity contribution in [2.75, 3.05) is 16.0 Å². The monoisotopic (exact) mass is 471 g/mol. The molecule has 5 rings (SSSR count). The van der Waals surface area contributed by atoms with Gasteiger partial charge in [0, 0.05) is 56.8 Å². The number of anilines is 6. The van der Waals surface area contributed by atoms with E-state index in [9.17, 15) is 20.2 Å². The second-order valence-corrected chi connectivity index (χ2v) is 8.60. The van der Waals surface area contributed by atoms with Gasteiger partial charge in [0.25, 0.3) is 11.4 Å². The topological polar surface area (TPSA) is 122 Å². The molecular formula is C24H17N5O4S. The minimum Gasteiger partial charge on any atom is -0.355 e. The van der Waals surface area contributed by atoms with Crippen LogP contribution in [-0.4, -0.2) is 9.85 Å². The first-order valence-electron chi connectivity index (χ1n) is 10.2. The third-order valence-corrected chi connectivity index (χ3v) is 6.26. The number of nitro benzene ring substituents is 2. The lowest BCUT2D eigenvalue weighted by Crippen LogP contribution is -2.02. The molecule has 3 N–H and O–H groups in total. The zero-order chi connectivity index (χ0) is 23.7. The SMILES string of the molecule is O=[N+]([O-])c1cccc(Nc2ccc3c(c2)Sc2cc(Nc4cccc([N+](=O)[O-])c4)ccc2N3)c1. The molecule has 0 radical (unpaired) electrons. The fourth-order valence-electron chi connectivity index (χ4n) is 3.57. The van der Waals surface area contributed by atoms with Gasteiger partial charge in [0.15, 0.2) is 0 Å². The number of hydrogen-bond acceptors (Lipinski definition) is 8. The summed E-state index contributed by atoms with van der Waals surface area (Å²) in [5.74, 6) is 0. The maximum Gasteiger partial charge on any atom is 0.271 e. The average molecular weight is 471 g/mol. The fraction of sp³-hybridized carbons (Fsp3) is 0. The maximum absolute atomic E-state index is 11.0. The zero-order valence-corrected chi connectivity index (χ0v) is 18.3. The third kappa shape index (κ3) is 4.48. The standard InChI is InChI=1S/C24H17N5O4S/c30-28(31)19-5-1-3-15(11-19)25-17-7-9-21-23(13-17)34-24-14-18(8-10-22(24)27-21)26-16-4-2-6-20(12-16)29(32)33/h1-14,25-27H. The molecule has 9 nitrogen and oxygen atoms in total. The number of rotatable bonds is 6. The predicted molar refractivity (Wildman–Crippen MR) is 133 cm³/mol. The average Bonchev–Trinajstić information content (AvgIpc) is 2.83. The first-order valence-corrected chi connectivity index (χ1v) is 11.0. The Kier molecular flexibility index (Phi) is 5.48. The van der Waals surface area contributed by atoms with E-state index in [2.05, 4.69) is 16.0 Å². The van der Waals surface area contributed by atoms with Crippen LogP contribution in [0.1, 0.15) is 0 Å². The van der Waals surface area contributed by atoms with E-state index in [0.29, 0.717) is 11.4 Å². The van der Waals surface area contributed by atoms with E-state index in [4.69, 9.17) is 0 Å². The van der Waals surface area contributed by atoms with Crippen molar-refractivity contribution in [3.63, 3.8) is 0 Å². The number of fused-ring (bicyclic) bond motifs is 2. The zero-order valence-electron chi connectivity index (χ0n) is 17.5. The van der Waals surface area contributed by atoms with Crippen LogP contribution in [0.25, 0.3) is 0 Å². The van der Waals surface area contributed by atoms with Crippen molar-refractivity contribution in [1.29, 1.82) is 0 Å². The van der Waals surface area contributed by atoms with Gasteiger partial charge in [0.1, 0.15) is 0 Å². The van der Waals surface area contributed by atoms with Gasteiger partial charge in [-0.15, -0.1) is 0 Å². The van der Waals surface area contributed by atoms with Crippen LogP contribution in [0.15, 0.2) is 94.7 Å². The number of benzene rings is 4. The van der Waals surface area contributed by atoms with Crippen LogP contribution in [0.4, 0.5) is 45.5 Å². The quantitative estimate of drug-likeness (QED) is 0.175. The van der Waals surface area contributed by atoms with Crippen molar-refractivity contribution in [2.45, 2.75) is 9.79 Å². The maximum atomic E-state index is 11.0. The van der Waals surface area contributed by atoms with E-state index in [-0.39, 0.29) is 11.4 Å². The van der Waals surface area contributed by atoms with Gasteiger partial charge in [0.05, 0.1) is 21.2 Å². The second kappa shape index (κ2) is 8.75. The molecule has 4 aromatic carbocycles. The van der Waals surface area contributed by atoms with Crippen molar-refractivity contribution >= 4 is 57.3 Å². The van der Waals surface area contributed by atoms with Crippen LogP contribution >= 0.6 is 11.8 Å². The molecule has 0 atom stereocenters. The molecule has 34 heavy (non-hydrogen) atoms. The Morgan fingerprint density at radius 1 is 0.618 bits per heavy atom. The summed E-state index contributed by atoms with van der Waals surface area (Å²) >= 11 is 1.59. The Hall–Kier alpha value is -4.57. The highest BCUT2D eigenvalue weighted by molar-refractivity contribution is 7.99. The minimum atomic E-state index is -0.423. The summed E-state index contributed by atoms with van der Waals surface area (Å²) in [6.07, 6.45) is 0. The van der Waals surface area contributed by atoms with Gasteiger partial charge in [-0.05, 0) is 48.5 Å². The molecule has 0 saturated carbocycles. The van der Waals surface area contributed by atoms with Crippen molar-refractivity contribution in [3.8, 4) is 0 Å². The molecule has 1 aliphatic heterocycles. The number of hydrogen-bond donors (Lipinski definition) is 3. The first-order chi connectivity index (χ1) is 16.4. The summed E-state index contributed by atoms with van der Waals surface area (Å²) in [6, 6.07) is 24.4. The van der Waals surface area contributed by atoms with Gasteiger partial charge in [0.2, 0.25) is 0 Å². The van der Waals surface area contributed by atoms with Gasteiger partial charge in [-0.1, -0.05) is 23.9 Å². The van der Waals surface area contributed by atoms with Crippen LogP contribution in [-0.2, 0) is 0 Å². The molecule has 4 aromatic rings. The number of nitrogens with one attached hydrogen (secondary N) is 3. The smallest absolute Gasteiger partial charge is 0.271 e. The van der Waals surface area contributed by atoms with Crippen molar-refractivity contribution in [3.05, 3.63) is 105 Å². The van der Waals surface area contributed by atoms with Gasteiger partial charge >= 0.3 is 0 Å². The lowest BCUT2D eigenvalue weighted by atomic mass is 10.2. The Bertz CT molecular complexity index is 1340. The van der Waals surface area contributed by atoms with Gasteiger partial charge in [-0.25, -0.2) is 0 Å². The number of nitro groups is 2. The van der Waals surface area contributed by atoms with Crippen LogP contribution < -0.4 is 16.0 Å². The summed E-state index contributed by atoms with van der Waals surface area (Å²) in [7, 11) is 0. The Morgan fingerprint density at radius 2 is 1.06 bits per heavy atom. The second-order valence-electron chi connectivity index (χ2n) is 7.51. The van der Waals surface area contributed by atoms with Crippen LogP contribution in [0, 0.1) is 20.2 Å². The highest BCUT2D eigenvalue weighted by atomic mass is 32.2. The number of nitrogens with zero attached hydrogens (tertiary/aromatic N) is 2. The molecule has 0 bridgehead atoms. The van der Waals surface area contributed by atoms with Crippen LogP contribution in [0.5, 0.6) is 0 Å². The summed E-state index contributed by atoms with van der Waals surface area (Å²) in [5.41, 5.74) is 4.85. The molecule has 10 heteroatoms. The van der Waals surface area contributed by atoms with E-state index in [1.54, 1.807) is 36.0 Å². The first kappa shape index (κ1) is 21.3. The molecule has 0 aromatic heterocycles. The Balaban J connectivity index is 1.36. The fourth-order valence-corrected chi connectivity index (χ4v) is 4.63. The number of non-ortho nitro benzene ring substituents is 2. The third-order valence-electron chi connectivity index (χ3n) is 5.14. The highest BCUT2D eigenvalue weighted by Gasteiger charge is 2.17. The van der Waals surface area contributed by atoms with Gasteiger partial charge < -0.3 is 16.0 Å². The molecule has 0 saturated heterocycles. The van der Waals surface area contributed by atoms with E-state index >= 15 is 0 Å².